The number of likely N-dealkylation sites (N-methyl/N-ethyl adjacent to an activating group) is 1. The van der Waals surface area contributed by atoms with Gasteiger partial charge in [0.2, 0.25) is 5.91 Å². The number of anilines is 1. The molecule has 2 aromatic rings. The lowest BCUT2D eigenvalue weighted by Gasteiger charge is -2.23. The molecule has 37 heavy (non-hydrogen) atoms. The van der Waals surface area contributed by atoms with Gasteiger partial charge in [-0.1, -0.05) is 23.2 Å². The van der Waals surface area contributed by atoms with E-state index in [9.17, 15) is 9.59 Å². The number of rotatable bonds is 11. The molecule has 0 bridgehead atoms. The van der Waals surface area contributed by atoms with Crippen molar-refractivity contribution in [1.82, 2.24) is 9.80 Å². The zero-order chi connectivity index (χ0) is 26.9. The van der Waals surface area contributed by atoms with Gasteiger partial charge in [-0.05, 0) is 80.7 Å². The highest BCUT2D eigenvalue weighted by atomic mass is 35.5. The van der Waals surface area contributed by atoms with E-state index in [0.717, 1.165) is 49.0 Å². The Morgan fingerprint density at radius 3 is 2.32 bits per heavy atom. The van der Waals surface area contributed by atoms with Gasteiger partial charge < -0.3 is 24.0 Å². The third-order valence-corrected chi connectivity index (χ3v) is 7.00. The smallest absolute Gasteiger partial charge is 0.411 e. The Balaban J connectivity index is 1.47. The lowest BCUT2D eigenvalue weighted by molar-refractivity contribution is -0.130. The monoisotopic (exact) mass is 551 g/mol. The van der Waals surface area contributed by atoms with Crippen molar-refractivity contribution in [2.24, 2.45) is 0 Å². The van der Waals surface area contributed by atoms with Crippen molar-refractivity contribution in [3.05, 3.63) is 51.0 Å². The van der Waals surface area contributed by atoms with Crippen LogP contribution in [0, 0.1) is 0 Å². The summed E-state index contributed by atoms with van der Waals surface area (Å²) in [5, 5.41) is 3.31. The fraction of sp³-hybridized carbons (Fsp3) is 0.481. The Bertz CT molecular complexity index is 1090. The first-order valence-corrected chi connectivity index (χ1v) is 13.1. The summed E-state index contributed by atoms with van der Waals surface area (Å²) in [6.45, 7) is 5.03. The van der Waals surface area contributed by atoms with E-state index < -0.39 is 6.09 Å². The molecule has 0 saturated heterocycles. The van der Waals surface area contributed by atoms with E-state index in [1.54, 1.807) is 33.3 Å². The van der Waals surface area contributed by atoms with Gasteiger partial charge in [-0.2, -0.15) is 0 Å². The molecule has 1 aliphatic rings. The second-order valence-corrected chi connectivity index (χ2v) is 9.78. The van der Waals surface area contributed by atoms with Crippen LogP contribution in [0.15, 0.2) is 24.3 Å². The minimum atomic E-state index is -0.593. The number of carbonyl (C=O) groups is 2. The molecule has 1 heterocycles. The minimum absolute atomic E-state index is 0.134. The van der Waals surface area contributed by atoms with Crippen molar-refractivity contribution < 1.29 is 23.8 Å². The average Bonchev–Trinajstić information content (AvgIpc) is 3.02. The number of halogens is 2. The Morgan fingerprint density at radius 2 is 1.70 bits per heavy atom. The lowest BCUT2D eigenvalue weighted by atomic mass is 10.0. The van der Waals surface area contributed by atoms with Crippen LogP contribution in [0.25, 0.3) is 0 Å². The lowest BCUT2D eigenvalue weighted by Crippen LogP contribution is -2.35. The average molecular weight is 552 g/mol. The van der Waals surface area contributed by atoms with Gasteiger partial charge in [-0.25, -0.2) is 4.79 Å². The number of carbonyl (C=O) groups excluding carboxylic acids is 2. The third kappa shape index (κ3) is 7.90. The number of benzene rings is 2. The molecule has 0 aliphatic carbocycles. The topological polar surface area (TPSA) is 80.3 Å². The molecule has 0 aromatic heterocycles. The minimum Gasteiger partial charge on any atom is -0.493 e. The zero-order valence-corrected chi connectivity index (χ0v) is 23.4. The summed E-state index contributed by atoms with van der Waals surface area (Å²) in [6.07, 6.45) is 2.19. The number of hydrogen-bond donors (Lipinski definition) is 1. The summed E-state index contributed by atoms with van der Waals surface area (Å²) in [4.78, 5) is 28.7. The van der Waals surface area contributed by atoms with Gasteiger partial charge in [0.05, 0.1) is 43.0 Å². The van der Waals surface area contributed by atoms with Crippen molar-refractivity contribution in [3.8, 4) is 11.5 Å². The molecule has 1 aliphatic heterocycles. The molecular formula is C27H35Cl2N3O5. The van der Waals surface area contributed by atoms with Crippen LogP contribution in [0.4, 0.5) is 10.5 Å². The first-order chi connectivity index (χ1) is 17.7. The largest absolute Gasteiger partial charge is 0.493 e. The van der Waals surface area contributed by atoms with Crippen LogP contribution in [-0.2, 0) is 28.8 Å². The molecule has 2 amide bonds. The highest BCUT2D eigenvalue weighted by molar-refractivity contribution is 6.39. The van der Waals surface area contributed by atoms with Crippen LogP contribution in [0.2, 0.25) is 10.0 Å². The van der Waals surface area contributed by atoms with Crippen LogP contribution < -0.4 is 14.8 Å². The molecule has 0 atom stereocenters. The van der Waals surface area contributed by atoms with Gasteiger partial charge >= 0.3 is 6.09 Å². The third-order valence-electron chi connectivity index (χ3n) is 6.41. The summed E-state index contributed by atoms with van der Waals surface area (Å²) in [7, 11) is 5.28. The standard InChI is InChI=1S/C27H35Cl2N3O5/c1-5-37-27(34)30-26-21(28)13-18(14-22(26)29)7-11-31(2)9-6-10-32-12-8-19-15-23(35-3)24(36-4)16-20(19)17-25(32)33/h13-16H,5-12,17H2,1-4H3,(H,30,34). The van der Waals surface area contributed by atoms with Crippen molar-refractivity contribution in [2.75, 3.05) is 59.4 Å². The van der Waals surface area contributed by atoms with Gasteiger partial charge in [0.25, 0.3) is 0 Å². The SMILES string of the molecule is CCOC(=O)Nc1c(Cl)cc(CCN(C)CCCN2CCc3cc(OC)c(OC)cc3CC2=O)cc1Cl. The first kappa shape index (κ1) is 28.9. The predicted molar refractivity (Wildman–Crippen MR) is 146 cm³/mol. The molecule has 1 N–H and O–H groups in total. The van der Waals surface area contributed by atoms with Crippen LogP contribution in [0.1, 0.15) is 30.0 Å². The van der Waals surface area contributed by atoms with Crippen molar-refractivity contribution in [3.63, 3.8) is 0 Å². The molecule has 0 radical (unpaired) electrons. The molecule has 8 nitrogen and oxygen atoms in total. The number of nitrogens with one attached hydrogen (secondary N) is 1. The van der Waals surface area contributed by atoms with Gasteiger partial charge in [0, 0.05) is 19.6 Å². The van der Waals surface area contributed by atoms with E-state index >= 15 is 0 Å². The molecule has 0 fully saturated rings. The summed E-state index contributed by atoms with van der Waals surface area (Å²) in [5.74, 6) is 1.47. The van der Waals surface area contributed by atoms with E-state index in [4.69, 9.17) is 37.4 Å². The predicted octanol–water partition coefficient (Wildman–Crippen LogP) is 5.07. The molecule has 3 rings (SSSR count). The Labute approximate surface area is 228 Å². The van der Waals surface area contributed by atoms with Crippen LogP contribution in [0.3, 0.4) is 0 Å². The summed E-state index contributed by atoms with van der Waals surface area (Å²) in [5.41, 5.74) is 3.46. The molecule has 0 saturated carbocycles. The van der Waals surface area contributed by atoms with E-state index in [2.05, 4.69) is 17.3 Å². The van der Waals surface area contributed by atoms with Crippen molar-refractivity contribution >= 4 is 40.9 Å². The van der Waals surface area contributed by atoms with E-state index in [1.807, 2.05) is 17.0 Å². The Morgan fingerprint density at radius 1 is 1.05 bits per heavy atom. The summed E-state index contributed by atoms with van der Waals surface area (Å²) in [6, 6.07) is 7.51. The van der Waals surface area contributed by atoms with E-state index in [1.165, 1.54) is 0 Å². The normalized spacial score (nSPS) is 13.3. The maximum absolute atomic E-state index is 12.9. The quantitative estimate of drug-likeness (QED) is 0.420. The molecule has 10 heteroatoms. The molecule has 0 unspecified atom stereocenters. The highest BCUT2D eigenvalue weighted by Crippen LogP contribution is 2.33. The van der Waals surface area contributed by atoms with Crippen molar-refractivity contribution in [1.29, 1.82) is 0 Å². The second-order valence-electron chi connectivity index (χ2n) is 8.97. The molecular weight excluding hydrogens is 517 g/mol. The molecule has 0 spiro atoms. The van der Waals surface area contributed by atoms with E-state index in [0.29, 0.717) is 46.7 Å². The van der Waals surface area contributed by atoms with Crippen LogP contribution in [-0.4, -0.2) is 75.9 Å². The van der Waals surface area contributed by atoms with Crippen molar-refractivity contribution in [2.45, 2.75) is 32.6 Å². The van der Waals surface area contributed by atoms with Gasteiger partial charge in [0.1, 0.15) is 0 Å². The molecule has 202 valence electrons. The number of methoxy groups -OCH3 is 2. The zero-order valence-electron chi connectivity index (χ0n) is 21.9. The first-order valence-electron chi connectivity index (χ1n) is 12.4. The number of amides is 2. The number of hydrogen-bond acceptors (Lipinski definition) is 6. The Hall–Kier alpha value is -2.68. The Kier molecular flexibility index (Phi) is 10.7. The summed E-state index contributed by atoms with van der Waals surface area (Å²) >= 11 is 12.7. The number of ether oxygens (including phenoxy) is 3. The van der Waals surface area contributed by atoms with Gasteiger partial charge in [0.15, 0.2) is 11.5 Å². The number of fused-ring (bicyclic) bond motifs is 1. The summed E-state index contributed by atoms with van der Waals surface area (Å²) < 4.78 is 15.7. The molecule has 2 aromatic carbocycles. The fourth-order valence-corrected chi connectivity index (χ4v) is 5.00. The fourth-order valence-electron chi connectivity index (χ4n) is 4.37. The maximum Gasteiger partial charge on any atom is 0.411 e. The second kappa shape index (κ2) is 13.7. The van der Waals surface area contributed by atoms with E-state index in [-0.39, 0.29) is 12.5 Å². The van der Waals surface area contributed by atoms with Crippen LogP contribution >= 0.6 is 23.2 Å². The van der Waals surface area contributed by atoms with Gasteiger partial charge in [-0.15, -0.1) is 0 Å². The van der Waals surface area contributed by atoms with Crippen LogP contribution in [0.5, 0.6) is 11.5 Å². The maximum atomic E-state index is 12.9. The highest BCUT2D eigenvalue weighted by Gasteiger charge is 2.22. The van der Waals surface area contributed by atoms with Gasteiger partial charge in [-0.3, -0.25) is 10.1 Å². The number of nitrogens with zero attached hydrogens (tertiary/aromatic N) is 2.